The fourth-order valence-electron chi connectivity index (χ4n) is 6.42. The normalized spacial score (nSPS) is 11.6. The highest BCUT2D eigenvalue weighted by atomic mass is 35.5. The van der Waals surface area contributed by atoms with Crippen LogP contribution in [0.15, 0.2) is 146 Å². The number of benzene rings is 7. The molecule has 9 rings (SSSR count). The first-order chi connectivity index (χ1) is 22.7. The summed E-state index contributed by atoms with van der Waals surface area (Å²) in [5.41, 5.74) is 4.87. The first kappa shape index (κ1) is 26.9. The van der Waals surface area contributed by atoms with Crippen molar-refractivity contribution in [2.24, 2.45) is 0 Å². The number of halogens is 1. The fourth-order valence-corrected chi connectivity index (χ4v) is 7.74. The van der Waals surface area contributed by atoms with Crippen LogP contribution in [0.3, 0.4) is 0 Å². The molecule has 2 aromatic heterocycles. The van der Waals surface area contributed by atoms with E-state index in [1.807, 2.05) is 18.2 Å². The van der Waals surface area contributed by atoms with Crippen LogP contribution in [0.25, 0.3) is 87.0 Å². The molecule has 0 aliphatic heterocycles. The van der Waals surface area contributed by atoms with Gasteiger partial charge in [0.25, 0.3) is 0 Å². The molecule has 0 unspecified atom stereocenters. The summed E-state index contributed by atoms with van der Waals surface area (Å²) < 4.78 is 2.51. The zero-order valence-electron chi connectivity index (χ0n) is 24.5. The first-order valence-electron chi connectivity index (χ1n) is 15.1. The van der Waals surface area contributed by atoms with E-state index in [0.717, 1.165) is 49.4 Å². The molecule has 3 nitrogen and oxygen atoms in total. The van der Waals surface area contributed by atoms with E-state index in [1.54, 1.807) is 11.3 Å². The molecule has 0 bridgehead atoms. The Balaban J connectivity index is 1.30. The summed E-state index contributed by atoms with van der Waals surface area (Å²) in [7, 11) is 0. The van der Waals surface area contributed by atoms with Gasteiger partial charge >= 0.3 is 0 Å². The van der Waals surface area contributed by atoms with Gasteiger partial charge in [0.1, 0.15) is 0 Å². The molecular weight excluding hydrogens is 602 g/mol. The third kappa shape index (κ3) is 4.54. The Morgan fingerprint density at radius 2 is 0.935 bits per heavy atom. The molecule has 5 heteroatoms. The molecule has 0 amide bonds. The van der Waals surface area contributed by atoms with E-state index >= 15 is 0 Å². The van der Waals surface area contributed by atoms with Crippen molar-refractivity contribution in [3.63, 3.8) is 0 Å². The quantitative estimate of drug-likeness (QED) is 0.195. The predicted octanol–water partition coefficient (Wildman–Crippen LogP) is 11.9. The third-order valence-corrected chi connectivity index (χ3v) is 9.98. The summed E-state index contributed by atoms with van der Waals surface area (Å²) >= 11 is 8.47. The van der Waals surface area contributed by atoms with E-state index in [9.17, 15) is 0 Å². The third-order valence-electron chi connectivity index (χ3n) is 8.61. The SMILES string of the molecule is Clc1ccc(-c2nc(-c3cccc4ccccc34)nc(-c3cccc4ccccc34)n2)c(-c2ccc3c(c2)sc2ccccc23)c1. The van der Waals surface area contributed by atoms with Crippen LogP contribution in [0.4, 0.5) is 0 Å². The van der Waals surface area contributed by atoms with Crippen LogP contribution in [0.5, 0.6) is 0 Å². The summed E-state index contributed by atoms with van der Waals surface area (Å²) in [6.07, 6.45) is 0. The van der Waals surface area contributed by atoms with Gasteiger partial charge in [-0.1, -0.05) is 127 Å². The minimum absolute atomic E-state index is 0.601. The van der Waals surface area contributed by atoms with E-state index in [4.69, 9.17) is 26.6 Å². The minimum Gasteiger partial charge on any atom is -0.208 e. The number of fused-ring (bicyclic) bond motifs is 5. The molecule has 0 N–H and O–H groups in total. The molecule has 2 heterocycles. The van der Waals surface area contributed by atoms with Crippen molar-refractivity contribution in [1.29, 1.82) is 0 Å². The Kier molecular flexibility index (Phi) is 6.37. The Bertz CT molecular complexity index is 2520. The van der Waals surface area contributed by atoms with Gasteiger partial charge in [0.05, 0.1) is 0 Å². The maximum Gasteiger partial charge on any atom is 0.164 e. The second kappa shape index (κ2) is 10.9. The lowest BCUT2D eigenvalue weighted by atomic mass is 9.97. The number of aromatic nitrogens is 3. The summed E-state index contributed by atoms with van der Waals surface area (Å²) in [5, 5.41) is 7.65. The van der Waals surface area contributed by atoms with Crippen LogP contribution in [0.2, 0.25) is 5.02 Å². The highest BCUT2D eigenvalue weighted by Crippen LogP contribution is 2.40. The van der Waals surface area contributed by atoms with Crippen molar-refractivity contribution < 1.29 is 0 Å². The molecule has 0 radical (unpaired) electrons. The molecule has 46 heavy (non-hydrogen) atoms. The minimum atomic E-state index is 0.601. The Labute approximate surface area is 274 Å². The molecule has 0 aliphatic rings. The van der Waals surface area contributed by atoms with Gasteiger partial charge in [-0.05, 0) is 63.0 Å². The summed E-state index contributed by atoms with van der Waals surface area (Å²) in [6, 6.07) is 50.4. The first-order valence-corrected chi connectivity index (χ1v) is 16.3. The zero-order valence-corrected chi connectivity index (χ0v) is 26.1. The lowest BCUT2D eigenvalue weighted by molar-refractivity contribution is 1.08. The van der Waals surface area contributed by atoms with Gasteiger partial charge < -0.3 is 0 Å². The maximum absolute atomic E-state index is 6.67. The zero-order chi connectivity index (χ0) is 30.6. The summed E-state index contributed by atoms with van der Waals surface area (Å²) in [4.78, 5) is 15.5. The highest BCUT2D eigenvalue weighted by molar-refractivity contribution is 7.25. The highest BCUT2D eigenvalue weighted by Gasteiger charge is 2.19. The van der Waals surface area contributed by atoms with E-state index in [2.05, 4.69) is 127 Å². The van der Waals surface area contributed by atoms with E-state index < -0.39 is 0 Å². The van der Waals surface area contributed by atoms with Crippen molar-refractivity contribution in [2.75, 3.05) is 0 Å². The molecule has 7 aromatic carbocycles. The monoisotopic (exact) mass is 625 g/mol. The number of rotatable bonds is 4. The second-order valence-electron chi connectivity index (χ2n) is 11.4. The Hall–Kier alpha value is -5.42. The summed E-state index contributed by atoms with van der Waals surface area (Å²) in [5.74, 6) is 1.86. The second-order valence-corrected chi connectivity index (χ2v) is 12.9. The van der Waals surface area contributed by atoms with Crippen LogP contribution in [0.1, 0.15) is 0 Å². The average Bonchev–Trinajstić information content (AvgIpc) is 3.49. The Morgan fingerprint density at radius 3 is 1.61 bits per heavy atom. The van der Waals surface area contributed by atoms with E-state index in [-0.39, 0.29) is 0 Å². The van der Waals surface area contributed by atoms with Crippen molar-refractivity contribution in [3.8, 4) is 45.3 Å². The maximum atomic E-state index is 6.67. The van der Waals surface area contributed by atoms with Gasteiger partial charge in [0.2, 0.25) is 0 Å². The molecule has 216 valence electrons. The number of thiophene rings is 1. The number of nitrogens with zero attached hydrogens (tertiary/aromatic N) is 3. The van der Waals surface area contributed by atoms with Gasteiger partial charge in [-0.2, -0.15) is 0 Å². The molecule has 0 aliphatic carbocycles. The van der Waals surface area contributed by atoms with Gasteiger partial charge in [-0.3, -0.25) is 0 Å². The Morgan fingerprint density at radius 1 is 0.391 bits per heavy atom. The molecule has 9 aromatic rings. The van der Waals surface area contributed by atoms with Crippen molar-refractivity contribution >= 4 is 64.7 Å². The van der Waals surface area contributed by atoms with Crippen molar-refractivity contribution in [2.45, 2.75) is 0 Å². The lowest BCUT2D eigenvalue weighted by Gasteiger charge is -2.14. The molecule has 0 spiro atoms. The topological polar surface area (TPSA) is 38.7 Å². The standard InChI is InChI=1S/C41H24ClN3S/c42-28-20-22-35(36(24-28)27-19-21-32-31-15-5-6-18-37(31)46-38(32)23-27)41-44-39(33-16-7-11-25-9-1-3-13-29(25)33)43-40(45-41)34-17-8-12-26-10-2-4-14-30(26)34/h1-24H. The van der Waals surface area contributed by atoms with Crippen LogP contribution in [0, 0.1) is 0 Å². The van der Waals surface area contributed by atoms with E-state index in [0.29, 0.717) is 22.5 Å². The number of hydrogen-bond acceptors (Lipinski definition) is 4. The summed E-state index contributed by atoms with van der Waals surface area (Å²) in [6.45, 7) is 0. The molecule has 0 saturated carbocycles. The fraction of sp³-hybridized carbons (Fsp3) is 0. The van der Waals surface area contributed by atoms with Crippen LogP contribution in [-0.2, 0) is 0 Å². The molecule has 0 fully saturated rings. The van der Waals surface area contributed by atoms with Gasteiger partial charge in [-0.25, -0.2) is 15.0 Å². The predicted molar refractivity (Wildman–Crippen MR) is 194 cm³/mol. The lowest BCUT2D eigenvalue weighted by Crippen LogP contribution is -2.02. The largest absolute Gasteiger partial charge is 0.208 e. The molecule has 0 atom stereocenters. The average molecular weight is 626 g/mol. The van der Waals surface area contributed by atoms with Crippen molar-refractivity contribution in [1.82, 2.24) is 15.0 Å². The van der Waals surface area contributed by atoms with Gasteiger partial charge in [-0.15, -0.1) is 11.3 Å². The van der Waals surface area contributed by atoms with Gasteiger partial charge in [0, 0.05) is 41.9 Å². The van der Waals surface area contributed by atoms with Crippen molar-refractivity contribution in [3.05, 3.63) is 151 Å². The molecule has 0 saturated heterocycles. The smallest absolute Gasteiger partial charge is 0.164 e. The molecular formula is C41H24ClN3S. The number of hydrogen-bond donors (Lipinski definition) is 0. The van der Waals surface area contributed by atoms with Gasteiger partial charge in [0.15, 0.2) is 17.5 Å². The van der Waals surface area contributed by atoms with Crippen LogP contribution in [-0.4, -0.2) is 15.0 Å². The van der Waals surface area contributed by atoms with E-state index in [1.165, 1.54) is 20.2 Å². The van der Waals surface area contributed by atoms with Crippen LogP contribution >= 0.6 is 22.9 Å². The van der Waals surface area contributed by atoms with Crippen LogP contribution < -0.4 is 0 Å².